The summed E-state index contributed by atoms with van der Waals surface area (Å²) in [5.41, 5.74) is 2.49. The number of ether oxygens (including phenoxy) is 1. The van der Waals surface area contributed by atoms with Gasteiger partial charge in [-0.1, -0.05) is 59.6 Å². The molecule has 0 fully saturated rings. The third-order valence-electron chi connectivity index (χ3n) is 4.32. The van der Waals surface area contributed by atoms with E-state index >= 15 is 0 Å². The van der Waals surface area contributed by atoms with Gasteiger partial charge in [0.1, 0.15) is 11.4 Å². The van der Waals surface area contributed by atoms with Crippen LogP contribution >= 0.6 is 35.0 Å². The molecule has 0 saturated carbocycles. The quantitative estimate of drug-likeness (QED) is 0.199. The molecule has 0 aliphatic carbocycles. The molecule has 1 aromatic heterocycles. The first kappa shape index (κ1) is 23.2. The van der Waals surface area contributed by atoms with Crippen molar-refractivity contribution in [1.82, 2.24) is 4.98 Å². The number of aryl methyl sites for hydroxylation is 1. The maximum absolute atomic E-state index is 11.0. The number of rotatable bonds is 10. The summed E-state index contributed by atoms with van der Waals surface area (Å²) in [4.78, 5) is 16.3. The highest BCUT2D eigenvalue weighted by atomic mass is 35.5. The van der Waals surface area contributed by atoms with Gasteiger partial charge in [0.05, 0.1) is 22.3 Å². The van der Waals surface area contributed by atoms with E-state index in [0.29, 0.717) is 33.8 Å². The van der Waals surface area contributed by atoms with E-state index in [9.17, 15) is 4.79 Å². The van der Waals surface area contributed by atoms with E-state index in [2.05, 4.69) is 17.1 Å². The van der Waals surface area contributed by atoms with Crippen molar-refractivity contribution in [2.24, 2.45) is 0 Å². The van der Waals surface area contributed by atoms with E-state index in [1.165, 1.54) is 23.4 Å². The molecule has 0 radical (unpaired) electrons. The summed E-state index contributed by atoms with van der Waals surface area (Å²) in [6.07, 6.45) is 4.25. The summed E-state index contributed by atoms with van der Waals surface area (Å²) in [5, 5.41) is 10.2. The van der Waals surface area contributed by atoms with Gasteiger partial charge < -0.3 is 9.84 Å². The summed E-state index contributed by atoms with van der Waals surface area (Å²) in [7, 11) is 0. The fourth-order valence-electron chi connectivity index (χ4n) is 2.85. The Morgan fingerprint density at radius 1 is 1.03 bits per heavy atom. The molecule has 0 atom stereocenters. The Morgan fingerprint density at radius 2 is 1.77 bits per heavy atom. The first-order chi connectivity index (χ1) is 15.0. The van der Waals surface area contributed by atoms with Crippen molar-refractivity contribution in [1.29, 1.82) is 0 Å². The average molecular weight is 474 g/mol. The van der Waals surface area contributed by atoms with Crippen molar-refractivity contribution in [2.75, 3.05) is 6.61 Å². The van der Waals surface area contributed by atoms with Crippen LogP contribution in [-0.2, 0) is 17.0 Å². The third-order valence-corrected chi connectivity index (χ3v) is 6.34. The Hall–Kier alpha value is -2.47. The number of nitrogens with zero attached hydrogens (tertiary/aromatic N) is 1. The predicted molar refractivity (Wildman–Crippen MR) is 127 cm³/mol. The molecule has 0 bridgehead atoms. The standard InChI is InChI=1S/C24H21Cl2NO3S/c25-19-9-4-10-20(26)24(19)31-16-18-11-13-22(21(27-18)12-14-23(28)29)30-15-5-8-17-6-2-1-3-7-17/h1-4,6-7,9-14H,5,8,15-16H2,(H,28,29). The second-order valence-electron chi connectivity index (χ2n) is 6.63. The highest BCUT2D eigenvalue weighted by Crippen LogP contribution is 2.35. The Kier molecular flexibility index (Phi) is 8.83. The maximum atomic E-state index is 11.0. The van der Waals surface area contributed by atoms with Crippen molar-refractivity contribution < 1.29 is 14.6 Å². The van der Waals surface area contributed by atoms with Gasteiger partial charge in [0.2, 0.25) is 0 Å². The summed E-state index contributed by atoms with van der Waals surface area (Å²) in [5.74, 6) is 0.0422. The zero-order valence-corrected chi connectivity index (χ0v) is 19.0. The Labute approximate surface area is 195 Å². The van der Waals surface area contributed by atoms with Gasteiger partial charge >= 0.3 is 5.97 Å². The first-order valence-electron chi connectivity index (χ1n) is 9.67. The maximum Gasteiger partial charge on any atom is 0.328 e. The molecule has 160 valence electrons. The van der Waals surface area contributed by atoms with Crippen molar-refractivity contribution >= 4 is 47.0 Å². The van der Waals surface area contributed by atoms with Crippen LogP contribution in [0.2, 0.25) is 10.0 Å². The van der Waals surface area contributed by atoms with Crippen molar-refractivity contribution in [2.45, 2.75) is 23.5 Å². The number of halogens is 2. The van der Waals surface area contributed by atoms with Crippen molar-refractivity contribution in [3.8, 4) is 5.75 Å². The fourth-order valence-corrected chi connectivity index (χ4v) is 4.44. The Bertz CT molecular complexity index is 1040. The van der Waals surface area contributed by atoms with Gasteiger partial charge in [-0.3, -0.25) is 0 Å². The minimum atomic E-state index is -1.04. The van der Waals surface area contributed by atoms with Crippen LogP contribution in [0.25, 0.3) is 6.08 Å². The molecular weight excluding hydrogens is 453 g/mol. The minimum Gasteiger partial charge on any atom is -0.491 e. The van der Waals surface area contributed by atoms with Gasteiger partial charge in [-0.15, -0.1) is 11.8 Å². The number of aliphatic carboxylic acids is 1. The minimum absolute atomic E-state index is 0.477. The first-order valence-corrected chi connectivity index (χ1v) is 11.4. The van der Waals surface area contributed by atoms with Gasteiger partial charge in [-0.05, 0) is 48.7 Å². The summed E-state index contributed by atoms with van der Waals surface area (Å²) in [6, 6.07) is 19.2. The van der Waals surface area contributed by atoms with E-state index in [1.807, 2.05) is 30.3 Å². The highest BCUT2D eigenvalue weighted by Gasteiger charge is 2.10. The molecule has 7 heteroatoms. The number of benzene rings is 2. The Morgan fingerprint density at radius 3 is 2.48 bits per heavy atom. The largest absolute Gasteiger partial charge is 0.491 e. The number of pyridine rings is 1. The SMILES string of the molecule is O=C(O)C=Cc1nc(CSc2c(Cl)cccc2Cl)ccc1OCCCc1ccccc1. The molecular formula is C24H21Cl2NO3S. The van der Waals surface area contributed by atoms with Crippen LogP contribution in [0.3, 0.4) is 0 Å². The lowest BCUT2D eigenvalue weighted by atomic mass is 10.1. The van der Waals surface area contributed by atoms with Gasteiger partial charge in [0.15, 0.2) is 0 Å². The van der Waals surface area contributed by atoms with E-state index < -0.39 is 5.97 Å². The van der Waals surface area contributed by atoms with Crippen LogP contribution < -0.4 is 4.74 Å². The van der Waals surface area contributed by atoms with Crippen molar-refractivity contribution in [3.05, 3.63) is 93.7 Å². The molecule has 0 spiro atoms. The summed E-state index contributed by atoms with van der Waals surface area (Å²) in [6.45, 7) is 0.508. The number of hydrogen-bond donors (Lipinski definition) is 1. The lowest BCUT2D eigenvalue weighted by Gasteiger charge is -2.11. The number of aromatic nitrogens is 1. The lowest BCUT2D eigenvalue weighted by molar-refractivity contribution is -0.131. The van der Waals surface area contributed by atoms with Gasteiger partial charge in [-0.2, -0.15) is 0 Å². The molecule has 1 heterocycles. The predicted octanol–water partition coefficient (Wildman–Crippen LogP) is 6.79. The monoisotopic (exact) mass is 473 g/mol. The van der Waals surface area contributed by atoms with Crippen LogP contribution in [0.15, 0.2) is 71.6 Å². The molecule has 3 rings (SSSR count). The van der Waals surface area contributed by atoms with Crippen LogP contribution in [0.4, 0.5) is 0 Å². The number of carboxylic acid groups (broad SMARTS) is 1. The summed E-state index contributed by atoms with van der Waals surface area (Å²) >= 11 is 13.9. The molecule has 0 aliphatic rings. The van der Waals surface area contributed by atoms with E-state index in [1.54, 1.807) is 18.2 Å². The third kappa shape index (κ3) is 7.31. The van der Waals surface area contributed by atoms with Gasteiger partial charge in [0.25, 0.3) is 0 Å². The summed E-state index contributed by atoms with van der Waals surface area (Å²) < 4.78 is 5.89. The van der Waals surface area contributed by atoms with Crippen molar-refractivity contribution in [3.63, 3.8) is 0 Å². The highest BCUT2D eigenvalue weighted by molar-refractivity contribution is 7.98. The van der Waals surface area contributed by atoms with Crippen LogP contribution in [0.5, 0.6) is 5.75 Å². The van der Waals surface area contributed by atoms with Gasteiger partial charge in [0, 0.05) is 16.7 Å². The topological polar surface area (TPSA) is 59.4 Å². The molecule has 0 unspecified atom stereocenters. The zero-order valence-electron chi connectivity index (χ0n) is 16.6. The second-order valence-corrected chi connectivity index (χ2v) is 8.43. The average Bonchev–Trinajstić information content (AvgIpc) is 2.76. The lowest BCUT2D eigenvalue weighted by Crippen LogP contribution is -2.03. The van der Waals surface area contributed by atoms with Crippen LogP contribution in [0, 0.1) is 0 Å². The zero-order chi connectivity index (χ0) is 22.1. The Balaban J connectivity index is 1.67. The number of carbonyl (C=O) groups is 1. The number of carboxylic acids is 1. The number of thioether (sulfide) groups is 1. The molecule has 0 amide bonds. The fraction of sp³-hybridized carbons (Fsp3) is 0.167. The number of hydrogen-bond acceptors (Lipinski definition) is 4. The molecule has 4 nitrogen and oxygen atoms in total. The molecule has 0 saturated heterocycles. The second kappa shape index (κ2) is 11.8. The van der Waals surface area contributed by atoms with Crippen LogP contribution in [0.1, 0.15) is 23.4 Å². The molecule has 1 N–H and O–H groups in total. The molecule has 31 heavy (non-hydrogen) atoms. The van der Waals surface area contributed by atoms with E-state index in [4.69, 9.17) is 33.0 Å². The van der Waals surface area contributed by atoms with Gasteiger partial charge in [-0.25, -0.2) is 9.78 Å². The van der Waals surface area contributed by atoms with E-state index in [-0.39, 0.29) is 0 Å². The smallest absolute Gasteiger partial charge is 0.328 e. The normalized spacial score (nSPS) is 11.0. The molecule has 2 aromatic carbocycles. The molecule has 3 aromatic rings. The van der Waals surface area contributed by atoms with Crippen LogP contribution in [-0.4, -0.2) is 22.7 Å². The molecule has 0 aliphatic heterocycles. The van der Waals surface area contributed by atoms with E-state index in [0.717, 1.165) is 29.5 Å².